The molecular weight excluding hydrogens is 243 g/mol. The molecule has 0 rings (SSSR count). The third kappa shape index (κ3) is 6.49. The molecule has 0 unspecified atom stereocenters. The van der Waals surface area contributed by atoms with Crippen molar-refractivity contribution in [2.24, 2.45) is 5.73 Å². The van der Waals surface area contributed by atoms with Gasteiger partial charge in [0.1, 0.15) is 0 Å². The number of nitrogens with one attached hydrogen (secondary N) is 1. The molecule has 1 amide bonds. The molecule has 16 heavy (non-hydrogen) atoms. The Balaban J connectivity index is 4.35. The smallest absolute Gasteiger partial charge is 0.469 e. The van der Waals surface area contributed by atoms with Gasteiger partial charge in [-0.05, 0) is 6.92 Å². The van der Waals surface area contributed by atoms with E-state index in [1.165, 1.54) is 6.92 Å². The Kier molecular flexibility index (Phi) is 5.56. The molecule has 0 aromatic carbocycles. The van der Waals surface area contributed by atoms with Crippen LogP contribution in [-0.2, 0) is 18.7 Å². The van der Waals surface area contributed by atoms with Crippen LogP contribution in [0, 0.1) is 0 Å². The van der Waals surface area contributed by atoms with Crippen LogP contribution in [0.1, 0.15) is 6.92 Å². The van der Waals surface area contributed by atoms with E-state index in [4.69, 9.17) is 20.6 Å². The second-order valence-electron chi connectivity index (χ2n) is 2.97. The maximum atomic E-state index is 11.0. The van der Waals surface area contributed by atoms with Crippen molar-refractivity contribution >= 4 is 19.7 Å². The summed E-state index contributed by atoms with van der Waals surface area (Å²) in [6.07, 6.45) is 0. The van der Waals surface area contributed by atoms with Crippen molar-refractivity contribution < 1.29 is 33.6 Å². The fraction of sp³-hybridized carbons (Fsp3) is 0.667. The number of amides is 1. The number of rotatable bonds is 6. The molecule has 0 aliphatic heterocycles. The van der Waals surface area contributed by atoms with Crippen LogP contribution in [0.3, 0.4) is 0 Å². The zero-order valence-electron chi connectivity index (χ0n) is 8.36. The average molecular weight is 256 g/mol. The van der Waals surface area contributed by atoms with E-state index in [0.29, 0.717) is 0 Å². The van der Waals surface area contributed by atoms with Gasteiger partial charge in [-0.2, -0.15) is 0 Å². The van der Waals surface area contributed by atoms with Gasteiger partial charge in [0, 0.05) is 0 Å². The van der Waals surface area contributed by atoms with Crippen LogP contribution in [0.2, 0.25) is 0 Å². The Labute approximate surface area is 90.8 Å². The van der Waals surface area contributed by atoms with Crippen molar-refractivity contribution in [1.82, 2.24) is 5.32 Å². The zero-order valence-corrected chi connectivity index (χ0v) is 9.26. The molecule has 0 spiro atoms. The highest BCUT2D eigenvalue weighted by Gasteiger charge is 2.25. The van der Waals surface area contributed by atoms with E-state index in [-0.39, 0.29) is 0 Å². The molecule has 94 valence electrons. The van der Waals surface area contributed by atoms with Gasteiger partial charge < -0.3 is 25.9 Å². The average Bonchev–Trinajstić information content (AvgIpc) is 2.09. The van der Waals surface area contributed by atoms with Crippen molar-refractivity contribution in [2.75, 3.05) is 6.61 Å². The molecule has 0 saturated heterocycles. The van der Waals surface area contributed by atoms with E-state index in [9.17, 15) is 14.2 Å². The number of carboxylic acids is 1. The molecule has 0 aliphatic rings. The molecular formula is C6H13N2O7P. The van der Waals surface area contributed by atoms with Gasteiger partial charge >= 0.3 is 13.8 Å². The van der Waals surface area contributed by atoms with Crippen LogP contribution in [-0.4, -0.2) is 45.5 Å². The third-order valence-electron chi connectivity index (χ3n) is 1.44. The zero-order chi connectivity index (χ0) is 12.9. The summed E-state index contributed by atoms with van der Waals surface area (Å²) in [7, 11) is -4.77. The molecule has 0 saturated carbocycles. The van der Waals surface area contributed by atoms with Crippen LogP contribution in [0.15, 0.2) is 0 Å². The Bertz CT molecular complexity index is 312. The molecule has 6 N–H and O–H groups in total. The summed E-state index contributed by atoms with van der Waals surface area (Å²) in [5.74, 6) is -2.25. The Hall–Kier alpha value is -0.990. The SMILES string of the molecule is C[C@H](N)C(=O)N[C@@H](COP(=O)(O)O)C(=O)O. The minimum Gasteiger partial charge on any atom is -0.480 e. The van der Waals surface area contributed by atoms with Gasteiger partial charge in [-0.25, -0.2) is 9.36 Å². The van der Waals surface area contributed by atoms with Crippen LogP contribution in [0.5, 0.6) is 0 Å². The van der Waals surface area contributed by atoms with Crippen molar-refractivity contribution in [1.29, 1.82) is 0 Å². The van der Waals surface area contributed by atoms with Crippen LogP contribution >= 0.6 is 7.82 Å². The van der Waals surface area contributed by atoms with E-state index in [1.807, 2.05) is 5.32 Å². The summed E-state index contributed by atoms with van der Waals surface area (Å²) in [6.45, 7) is 0.482. The lowest BCUT2D eigenvalue weighted by atomic mass is 10.2. The van der Waals surface area contributed by atoms with E-state index in [2.05, 4.69) is 4.52 Å². The maximum absolute atomic E-state index is 11.0. The van der Waals surface area contributed by atoms with Gasteiger partial charge in [-0.1, -0.05) is 0 Å². The molecule has 0 aromatic heterocycles. The summed E-state index contributed by atoms with van der Waals surface area (Å²) in [5.41, 5.74) is 5.17. The van der Waals surface area contributed by atoms with Crippen LogP contribution in [0.4, 0.5) is 0 Å². The van der Waals surface area contributed by atoms with E-state index in [0.717, 1.165) is 0 Å². The number of aliphatic carboxylic acids is 1. The molecule has 0 fully saturated rings. The highest BCUT2D eigenvalue weighted by molar-refractivity contribution is 7.46. The Morgan fingerprint density at radius 1 is 1.50 bits per heavy atom. The summed E-state index contributed by atoms with van der Waals surface area (Å²) < 4.78 is 14.3. The number of phosphoric acid groups is 1. The van der Waals surface area contributed by atoms with Crippen molar-refractivity contribution in [2.45, 2.75) is 19.0 Å². The maximum Gasteiger partial charge on any atom is 0.469 e. The summed E-state index contributed by atoms with van der Waals surface area (Å²) in [4.78, 5) is 38.3. The monoisotopic (exact) mass is 256 g/mol. The van der Waals surface area contributed by atoms with Crippen molar-refractivity contribution in [3.05, 3.63) is 0 Å². The molecule has 10 heteroatoms. The first-order chi connectivity index (χ1) is 7.13. The number of hydrogen-bond donors (Lipinski definition) is 5. The van der Waals surface area contributed by atoms with Gasteiger partial charge in [-0.3, -0.25) is 9.32 Å². The highest BCUT2D eigenvalue weighted by Crippen LogP contribution is 2.35. The second kappa shape index (κ2) is 5.92. The number of carbonyl (C=O) groups is 2. The van der Waals surface area contributed by atoms with E-state index < -0.39 is 38.4 Å². The summed E-state index contributed by atoms with van der Waals surface area (Å²) in [5, 5.41) is 10.6. The number of carboxylic acid groups (broad SMARTS) is 1. The molecule has 0 aromatic rings. The van der Waals surface area contributed by atoms with Crippen molar-refractivity contribution in [3.63, 3.8) is 0 Å². The van der Waals surface area contributed by atoms with Crippen LogP contribution < -0.4 is 11.1 Å². The van der Waals surface area contributed by atoms with Crippen molar-refractivity contribution in [3.8, 4) is 0 Å². The lowest BCUT2D eigenvalue weighted by Gasteiger charge is -2.16. The number of carbonyl (C=O) groups excluding carboxylic acids is 1. The van der Waals surface area contributed by atoms with Gasteiger partial charge in [0.05, 0.1) is 12.6 Å². The number of nitrogens with two attached hydrogens (primary N) is 1. The van der Waals surface area contributed by atoms with E-state index in [1.54, 1.807) is 0 Å². The predicted octanol–water partition coefficient (Wildman–Crippen LogP) is -1.99. The molecule has 0 bridgehead atoms. The normalized spacial score (nSPS) is 15.2. The molecule has 0 heterocycles. The second-order valence-corrected chi connectivity index (χ2v) is 4.21. The minimum atomic E-state index is -4.77. The largest absolute Gasteiger partial charge is 0.480 e. The van der Waals surface area contributed by atoms with Crippen LogP contribution in [0.25, 0.3) is 0 Å². The molecule has 0 radical (unpaired) electrons. The minimum absolute atomic E-state index is 0.762. The van der Waals surface area contributed by atoms with Gasteiger partial charge in [0.15, 0.2) is 6.04 Å². The first-order valence-electron chi connectivity index (χ1n) is 4.12. The first kappa shape index (κ1) is 15.0. The quantitative estimate of drug-likeness (QED) is 0.341. The number of hydrogen-bond acceptors (Lipinski definition) is 5. The summed E-state index contributed by atoms with van der Waals surface area (Å²) >= 11 is 0. The fourth-order valence-electron chi connectivity index (χ4n) is 0.649. The lowest BCUT2D eigenvalue weighted by molar-refractivity contribution is -0.142. The fourth-order valence-corrected chi connectivity index (χ4v) is 0.993. The summed E-state index contributed by atoms with van der Waals surface area (Å²) in [6, 6.07) is -2.50. The van der Waals surface area contributed by atoms with E-state index >= 15 is 0 Å². The lowest BCUT2D eigenvalue weighted by Crippen LogP contribution is -2.49. The standard InChI is InChI=1S/C6H13N2O7P/c1-3(7)5(9)8-4(6(10)11)2-15-16(12,13)14/h3-4H,2,7H2,1H3,(H,8,9)(H,10,11)(H2,12,13,14)/t3-,4-/m0/s1. The van der Waals surface area contributed by atoms with Gasteiger partial charge in [0.25, 0.3) is 0 Å². The number of phosphoric ester groups is 1. The Morgan fingerprint density at radius 3 is 2.31 bits per heavy atom. The molecule has 2 atom stereocenters. The Morgan fingerprint density at radius 2 is 2.00 bits per heavy atom. The van der Waals surface area contributed by atoms with Gasteiger partial charge in [-0.15, -0.1) is 0 Å². The predicted molar refractivity (Wildman–Crippen MR) is 51.2 cm³/mol. The topological polar surface area (TPSA) is 159 Å². The molecule has 9 nitrogen and oxygen atoms in total. The molecule has 0 aliphatic carbocycles. The third-order valence-corrected chi connectivity index (χ3v) is 1.92. The van der Waals surface area contributed by atoms with Gasteiger partial charge in [0.2, 0.25) is 5.91 Å². The highest BCUT2D eigenvalue weighted by atomic mass is 31.2. The first-order valence-corrected chi connectivity index (χ1v) is 5.65.